The van der Waals surface area contributed by atoms with Crippen LogP contribution in [0.1, 0.15) is 25.7 Å². The highest BCUT2D eigenvalue weighted by atomic mass is 16.1. The molecule has 0 spiro atoms. The predicted octanol–water partition coefficient (Wildman–Crippen LogP) is 0.250. The minimum absolute atomic E-state index is 0.167. The summed E-state index contributed by atoms with van der Waals surface area (Å²) in [6.45, 7) is 1.10. The molecule has 3 heteroatoms. The monoisotopic (exact) mass is 168 g/mol. The summed E-state index contributed by atoms with van der Waals surface area (Å²) in [5.74, 6) is 1.40. The molecule has 0 radical (unpaired) electrons. The van der Waals surface area contributed by atoms with Crippen LogP contribution in [-0.2, 0) is 4.79 Å². The molecule has 12 heavy (non-hydrogen) atoms. The van der Waals surface area contributed by atoms with Gasteiger partial charge in [-0.05, 0) is 31.2 Å². The maximum atomic E-state index is 10.7. The first-order valence-electron chi connectivity index (χ1n) is 4.79. The minimum atomic E-state index is -0.167. The van der Waals surface area contributed by atoms with E-state index in [2.05, 4.69) is 5.32 Å². The van der Waals surface area contributed by atoms with Crippen molar-refractivity contribution < 1.29 is 4.79 Å². The van der Waals surface area contributed by atoms with Gasteiger partial charge in [0.15, 0.2) is 0 Å². The summed E-state index contributed by atoms with van der Waals surface area (Å²) >= 11 is 0. The van der Waals surface area contributed by atoms with Gasteiger partial charge < -0.3 is 11.1 Å². The average molecular weight is 168 g/mol. The van der Waals surface area contributed by atoms with Crippen molar-refractivity contribution in [2.75, 3.05) is 6.54 Å². The van der Waals surface area contributed by atoms with Crippen molar-refractivity contribution in [3.05, 3.63) is 0 Å². The quantitative estimate of drug-likeness (QED) is 0.621. The second-order valence-electron chi connectivity index (χ2n) is 4.04. The van der Waals surface area contributed by atoms with Crippen LogP contribution in [0.15, 0.2) is 0 Å². The molecule has 1 aliphatic carbocycles. The van der Waals surface area contributed by atoms with Gasteiger partial charge in [-0.2, -0.15) is 0 Å². The second kappa shape index (κ2) is 3.05. The number of nitrogens with one attached hydrogen (secondary N) is 1. The summed E-state index contributed by atoms with van der Waals surface area (Å²) < 4.78 is 0. The van der Waals surface area contributed by atoms with Crippen LogP contribution in [0.5, 0.6) is 0 Å². The number of hydrogen-bond donors (Lipinski definition) is 2. The van der Waals surface area contributed by atoms with Crippen LogP contribution in [0, 0.1) is 11.8 Å². The Morgan fingerprint density at radius 3 is 3.08 bits per heavy atom. The number of primary amides is 1. The summed E-state index contributed by atoms with van der Waals surface area (Å²) in [6, 6.07) is 0.384. The number of carbonyl (C=O) groups excluding carboxylic acids is 1. The Morgan fingerprint density at radius 2 is 2.33 bits per heavy atom. The summed E-state index contributed by atoms with van der Waals surface area (Å²) in [5, 5.41) is 3.39. The van der Waals surface area contributed by atoms with Gasteiger partial charge in [0.1, 0.15) is 0 Å². The molecule has 1 saturated carbocycles. The first-order valence-corrected chi connectivity index (χ1v) is 4.79. The van der Waals surface area contributed by atoms with E-state index in [4.69, 9.17) is 5.73 Å². The molecule has 3 unspecified atom stereocenters. The first-order chi connectivity index (χ1) is 5.77. The molecule has 2 fully saturated rings. The lowest BCUT2D eigenvalue weighted by Crippen LogP contribution is -2.32. The summed E-state index contributed by atoms with van der Waals surface area (Å²) in [5.41, 5.74) is 5.18. The van der Waals surface area contributed by atoms with E-state index in [0.717, 1.165) is 18.4 Å². The molecule has 1 amide bonds. The summed E-state index contributed by atoms with van der Waals surface area (Å²) in [4.78, 5) is 10.7. The molecule has 1 saturated heterocycles. The Morgan fingerprint density at radius 1 is 1.50 bits per heavy atom. The smallest absolute Gasteiger partial charge is 0.218 e. The van der Waals surface area contributed by atoms with Gasteiger partial charge >= 0.3 is 0 Å². The highest BCUT2D eigenvalue weighted by Crippen LogP contribution is 2.38. The zero-order chi connectivity index (χ0) is 8.55. The third kappa shape index (κ3) is 1.33. The molecular weight excluding hydrogens is 152 g/mol. The number of fused-ring (bicyclic) bond motifs is 1. The van der Waals surface area contributed by atoms with Gasteiger partial charge in [-0.3, -0.25) is 4.79 Å². The third-order valence-corrected chi connectivity index (χ3v) is 3.30. The minimum Gasteiger partial charge on any atom is -0.370 e. The topological polar surface area (TPSA) is 55.1 Å². The van der Waals surface area contributed by atoms with Crippen molar-refractivity contribution in [3.63, 3.8) is 0 Å². The standard InChI is InChI=1S/C9H16N2O/c10-9(12)4-8-7-3-1-2-6(7)5-11-8/h6-8,11H,1-5H2,(H2,10,12). The number of hydrogen-bond acceptors (Lipinski definition) is 2. The van der Waals surface area contributed by atoms with Gasteiger partial charge in [-0.15, -0.1) is 0 Å². The summed E-state index contributed by atoms with van der Waals surface area (Å²) in [6.07, 6.45) is 4.50. The second-order valence-corrected chi connectivity index (χ2v) is 4.04. The van der Waals surface area contributed by atoms with E-state index < -0.39 is 0 Å². The fourth-order valence-electron chi connectivity index (χ4n) is 2.74. The van der Waals surface area contributed by atoms with E-state index in [1.165, 1.54) is 19.3 Å². The van der Waals surface area contributed by atoms with Crippen molar-refractivity contribution in [1.82, 2.24) is 5.32 Å². The van der Waals surface area contributed by atoms with E-state index in [0.29, 0.717) is 12.5 Å². The highest BCUT2D eigenvalue weighted by molar-refractivity contribution is 5.74. The van der Waals surface area contributed by atoms with E-state index in [1.54, 1.807) is 0 Å². The lowest BCUT2D eigenvalue weighted by atomic mass is 9.92. The van der Waals surface area contributed by atoms with Crippen LogP contribution in [0.25, 0.3) is 0 Å². The molecule has 0 aromatic carbocycles. The fourth-order valence-corrected chi connectivity index (χ4v) is 2.74. The number of amides is 1. The number of carbonyl (C=O) groups is 1. The maximum Gasteiger partial charge on any atom is 0.218 e. The van der Waals surface area contributed by atoms with Crippen LogP contribution in [0.3, 0.4) is 0 Å². The lowest BCUT2D eigenvalue weighted by molar-refractivity contribution is -0.118. The average Bonchev–Trinajstić information content (AvgIpc) is 2.52. The van der Waals surface area contributed by atoms with Gasteiger partial charge in [0.05, 0.1) is 0 Å². The lowest BCUT2D eigenvalue weighted by Gasteiger charge is -2.15. The molecule has 2 aliphatic rings. The largest absolute Gasteiger partial charge is 0.370 e. The number of rotatable bonds is 2. The normalized spacial score (nSPS) is 39.8. The predicted molar refractivity (Wildman–Crippen MR) is 46.4 cm³/mol. The molecule has 3 N–H and O–H groups in total. The van der Waals surface area contributed by atoms with E-state index in [1.807, 2.05) is 0 Å². The van der Waals surface area contributed by atoms with E-state index >= 15 is 0 Å². The van der Waals surface area contributed by atoms with Gasteiger partial charge in [-0.1, -0.05) is 6.42 Å². The zero-order valence-corrected chi connectivity index (χ0v) is 7.25. The van der Waals surface area contributed by atoms with E-state index in [9.17, 15) is 4.79 Å². The van der Waals surface area contributed by atoms with Gasteiger partial charge in [0, 0.05) is 12.5 Å². The molecule has 1 heterocycles. The van der Waals surface area contributed by atoms with E-state index in [-0.39, 0.29) is 5.91 Å². The van der Waals surface area contributed by atoms with Gasteiger partial charge in [-0.25, -0.2) is 0 Å². The fraction of sp³-hybridized carbons (Fsp3) is 0.889. The molecule has 0 bridgehead atoms. The van der Waals surface area contributed by atoms with Crippen molar-refractivity contribution >= 4 is 5.91 Å². The van der Waals surface area contributed by atoms with Crippen LogP contribution in [-0.4, -0.2) is 18.5 Å². The molecular formula is C9H16N2O. The Kier molecular flexibility index (Phi) is 2.05. The van der Waals surface area contributed by atoms with Crippen LogP contribution in [0.4, 0.5) is 0 Å². The number of nitrogens with two attached hydrogens (primary N) is 1. The van der Waals surface area contributed by atoms with Crippen molar-refractivity contribution in [3.8, 4) is 0 Å². The summed E-state index contributed by atoms with van der Waals surface area (Å²) in [7, 11) is 0. The van der Waals surface area contributed by atoms with Crippen LogP contribution in [0.2, 0.25) is 0 Å². The Hall–Kier alpha value is -0.570. The Balaban J connectivity index is 1.95. The Bertz CT molecular complexity index is 193. The first kappa shape index (κ1) is 8.05. The Labute approximate surface area is 72.7 Å². The maximum absolute atomic E-state index is 10.7. The SMILES string of the molecule is NC(=O)CC1NCC2CCCC21. The van der Waals surface area contributed by atoms with Gasteiger partial charge in [0.2, 0.25) is 5.91 Å². The zero-order valence-electron chi connectivity index (χ0n) is 7.25. The molecule has 1 aliphatic heterocycles. The molecule has 0 aromatic rings. The molecule has 3 nitrogen and oxygen atoms in total. The third-order valence-electron chi connectivity index (χ3n) is 3.30. The van der Waals surface area contributed by atoms with Crippen LogP contribution >= 0.6 is 0 Å². The highest BCUT2D eigenvalue weighted by Gasteiger charge is 2.39. The molecule has 3 atom stereocenters. The van der Waals surface area contributed by atoms with Crippen molar-refractivity contribution in [2.45, 2.75) is 31.7 Å². The molecule has 0 aromatic heterocycles. The molecule has 68 valence electrons. The van der Waals surface area contributed by atoms with Crippen molar-refractivity contribution in [2.24, 2.45) is 17.6 Å². The molecule has 2 rings (SSSR count). The van der Waals surface area contributed by atoms with Crippen molar-refractivity contribution in [1.29, 1.82) is 0 Å². The van der Waals surface area contributed by atoms with Crippen LogP contribution < -0.4 is 11.1 Å². The van der Waals surface area contributed by atoms with Gasteiger partial charge in [0.25, 0.3) is 0 Å².